The summed E-state index contributed by atoms with van der Waals surface area (Å²) in [5.74, 6) is 0.820. The number of thiophene rings is 1. The van der Waals surface area contributed by atoms with Crippen LogP contribution in [0.5, 0.6) is 0 Å². The van der Waals surface area contributed by atoms with Crippen LogP contribution in [0.1, 0.15) is 23.3 Å². The van der Waals surface area contributed by atoms with Crippen molar-refractivity contribution in [3.8, 4) is 11.4 Å². The molecule has 1 aliphatic rings. The van der Waals surface area contributed by atoms with Gasteiger partial charge < -0.3 is 10.6 Å². The smallest absolute Gasteiger partial charge is 0.171 e. The minimum atomic E-state index is 0.624. The average Bonchev–Trinajstić information content (AvgIpc) is 3.04. The van der Waals surface area contributed by atoms with Gasteiger partial charge in [-0.15, -0.1) is 11.3 Å². The number of thiocarbonyl (C=S) groups is 1. The van der Waals surface area contributed by atoms with E-state index in [4.69, 9.17) is 12.2 Å². The molecular formula is C12H15N5S2. The van der Waals surface area contributed by atoms with E-state index in [9.17, 15) is 0 Å². The highest BCUT2D eigenvalue weighted by Crippen LogP contribution is 2.42. The Kier molecular flexibility index (Phi) is 3.48. The molecule has 0 saturated carbocycles. The minimum Gasteiger partial charge on any atom is -0.366 e. The third kappa shape index (κ3) is 2.35. The Morgan fingerprint density at radius 2 is 2.26 bits per heavy atom. The van der Waals surface area contributed by atoms with E-state index >= 15 is 0 Å². The topological polar surface area (TPSA) is 65.6 Å². The molecule has 19 heavy (non-hydrogen) atoms. The fourth-order valence-corrected chi connectivity index (χ4v) is 3.86. The fraction of sp³-hybridized carbons (Fsp3) is 0.417. The van der Waals surface area contributed by atoms with Crippen LogP contribution in [0, 0.1) is 0 Å². The Morgan fingerprint density at radius 1 is 1.42 bits per heavy atom. The molecule has 5 nitrogen and oxygen atoms in total. The second-order valence-corrected chi connectivity index (χ2v) is 5.97. The van der Waals surface area contributed by atoms with Crippen molar-refractivity contribution >= 4 is 33.7 Å². The Morgan fingerprint density at radius 3 is 3.00 bits per heavy atom. The van der Waals surface area contributed by atoms with Crippen LogP contribution in [0.25, 0.3) is 11.4 Å². The van der Waals surface area contributed by atoms with Crippen molar-refractivity contribution in [2.24, 2.45) is 0 Å². The largest absolute Gasteiger partial charge is 0.366 e. The molecule has 3 N–H and O–H groups in total. The number of fused-ring (bicyclic) bond motifs is 1. The standard InChI is InChI=1S/C12H15N5S2/c1-13-12(18)16-11-9(10-14-6-15-17-10)7-4-2-3-5-8(7)19-11/h6H,2-5H2,1H3,(H2,13,16,18)(H,14,15,17). The van der Waals surface area contributed by atoms with Crippen LogP contribution >= 0.6 is 23.6 Å². The number of hydrogen-bond acceptors (Lipinski definition) is 4. The van der Waals surface area contributed by atoms with Gasteiger partial charge in [0.15, 0.2) is 10.9 Å². The number of aryl methyl sites for hydroxylation is 1. The first-order valence-electron chi connectivity index (χ1n) is 6.28. The maximum absolute atomic E-state index is 5.21. The van der Waals surface area contributed by atoms with E-state index < -0.39 is 0 Å². The Labute approximate surface area is 120 Å². The molecule has 2 aromatic rings. The van der Waals surface area contributed by atoms with Gasteiger partial charge in [-0.05, 0) is 43.5 Å². The molecule has 0 aromatic carbocycles. The maximum atomic E-state index is 5.21. The van der Waals surface area contributed by atoms with Crippen LogP contribution in [0.4, 0.5) is 5.00 Å². The molecule has 0 radical (unpaired) electrons. The quantitative estimate of drug-likeness (QED) is 0.742. The van der Waals surface area contributed by atoms with Gasteiger partial charge in [0.1, 0.15) is 11.3 Å². The molecule has 0 aliphatic heterocycles. The molecule has 1 aliphatic carbocycles. The van der Waals surface area contributed by atoms with Crippen molar-refractivity contribution in [2.75, 3.05) is 12.4 Å². The summed E-state index contributed by atoms with van der Waals surface area (Å²) in [5.41, 5.74) is 2.53. The Bertz CT molecular complexity index is 588. The highest BCUT2D eigenvalue weighted by atomic mass is 32.1. The van der Waals surface area contributed by atoms with Crippen LogP contribution in [-0.2, 0) is 12.8 Å². The second-order valence-electron chi connectivity index (χ2n) is 4.45. The van der Waals surface area contributed by atoms with Gasteiger partial charge in [-0.1, -0.05) is 0 Å². The molecule has 100 valence electrons. The minimum absolute atomic E-state index is 0.624. The number of aromatic amines is 1. The van der Waals surface area contributed by atoms with Gasteiger partial charge >= 0.3 is 0 Å². The van der Waals surface area contributed by atoms with E-state index in [0.717, 1.165) is 29.2 Å². The summed E-state index contributed by atoms with van der Waals surface area (Å²) in [6, 6.07) is 0. The lowest BCUT2D eigenvalue weighted by atomic mass is 9.95. The lowest BCUT2D eigenvalue weighted by Gasteiger charge is -2.11. The lowest BCUT2D eigenvalue weighted by molar-refractivity contribution is 0.697. The first-order valence-corrected chi connectivity index (χ1v) is 7.51. The van der Waals surface area contributed by atoms with Gasteiger partial charge in [0.2, 0.25) is 0 Å². The summed E-state index contributed by atoms with van der Waals surface area (Å²) in [7, 11) is 1.82. The van der Waals surface area contributed by atoms with Crippen LogP contribution in [0.15, 0.2) is 6.33 Å². The molecule has 0 fully saturated rings. The fourth-order valence-electron chi connectivity index (χ4n) is 2.40. The van der Waals surface area contributed by atoms with E-state index in [0.29, 0.717) is 5.11 Å². The number of nitrogens with one attached hydrogen (secondary N) is 3. The van der Waals surface area contributed by atoms with E-state index in [1.807, 2.05) is 7.05 Å². The molecule has 0 unspecified atom stereocenters. The van der Waals surface area contributed by atoms with Gasteiger partial charge in [-0.3, -0.25) is 5.10 Å². The maximum Gasteiger partial charge on any atom is 0.171 e. The van der Waals surface area contributed by atoms with E-state index in [2.05, 4.69) is 25.8 Å². The van der Waals surface area contributed by atoms with Crippen molar-refractivity contribution in [3.63, 3.8) is 0 Å². The molecular weight excluding hydrogens is 278 g/mol. The van der Waals surface area contributed by atoms with Crippen molar-refractivity contribution < 1.29 is 0 Å². The van der Waals surface area contributed by atoms with Crippen LogP contribution < -0.4 is 10.6 Å². The summed E-state index contributed by atoms with van der Waals surface area (Å²) in [6.45, 7) is 0. The van der Waals surface area contributed by atoms with Gasteiger partial charge in [0, 0.05) is 11.9 Å². The monoisotopic (exact) mass is 293 g/mol. The summed E-state index contributed by atoms with van der Waals surface area (Å²) < 4.78 is 0. The Balaban J connectivity index is 2.07. The van der Waals surface area contributed by atoms with Crippen molar-refractivity contribution in [2.45, 2.75) is 25.7 Å². The lowest BCUT2D eigenvalue weighted by Crippen LogP contribution is -2.23. The zero-order chi connectivity index (χ0) is 13.2. The number of rotatable bonds is 2. The van der Waals surface area contributed by atoms with Gasteiger partial charge in [0.25, 0.3) is 0 Å². The molecule has 7 heteroatoms. The molecule has 0 atom stereocenters. The normalized spacial score (nSPS) is 13.9. The zero-order valence-corrected chi connectivity index (χ0v) is 12.2. The zero-order valence-electron chi connectivity index (χ0n) is 10.6. The highest BCUT2D eigenvalue weighted by molar-refractivity contribution is 7.80. The third-order valence-electron chi connectivity index (χ3n) is 3.28. The highest BCUT2D eigenvalue weighted by Gasteiger charge is 2.23. The SMILES string of the molecule is CNC(=S)Nc1sc2c(c1-c1ncn[nH]1)CCCC2. The van der Waals surface area contributed by atoms with Crippen molar-refractivity contribution in [1.29, 1.82) is 0 Å². The summed E-state index contributed by atoms with van der Waals surface area (Å²) in [4.78, 5) is 5.74. The summed E-state index contributed by atoms with van der Waals surface area (Å²) in [6.07, 6.45) is 6.30. The molecule has 2 heterocycles. The van der Waals surface area contributed by atoms with Gasteiger partial charge in [-0.2, -0.15) is 5.10 Å². The van der Waals surface area contributed by atoms with Crippen LogP contribution in [0.3, 0.4) is 0 Å². The molecule has 0 bridgehead atoms. The van der Waals surface area contributed by atoms with Gasteiger partial charge in [0.05, 0.1) is 5.56 Å². The summed E-state index contributed by atoms with van der Waals surface area (Å²) in [5, 5.41) is 14.8. The van der Waals surface area contributed by atoms with Crippen molar-refractivity contribution in [3.05, 3.63) is 16.8 Å². The predicted octanol–water partition coefficient (Wildman–Crippen LogP) is 2.33. The molecule has 2 aromatic heterocycles. The Hall–Kier alpha value is -1.47. The first kappa shape index (κ1) is 12.6. The number of nitrogens with zero attached hydrogens (tertiary/aromatic N) is 2. The number of H-pyrrole nitrogens is 1. The molecule has 3 rings (SSSR count). The second kappa shape index (κ2) is 5.26. The predicted molar refractivity (Wildman–Crippen MR) is 81.6 cm³/mol. The number of hydrogen-bond donors (Lipinski definition) is 3. The average molecular weight is 293 g/mol. The molecule has 0 spiro atoms. The summed E-state index contributed by atoms with van der Waals surface area (Å²) >= 11 is 6.98. The number of anilines is 1. The van der Waals surface area contributed by atoms with Crippen LogP contribution in [0.2, 0.25) is 0 Å². The molecule has 0 amide bonds. The van der Waals surface area contributed by atoms with E-state index in [1.54, 1.807) is 17.7 Å². The van der Waals surface area contributed by atoms with E-state index in [-0.39, 0.29) is 0 Å². The first-order chi connectivity index (χ1) is 9.29. The molecule has 0 saturated heterocycles. The van der Waals surface area contributed by atoms with Gasteiger partial charge in [-0.25, -0.2) is 4.98 Å². The van der Waals surface area contributed by atoms with Crippen LogP contribution in [-0.4, -0.2) is 27.3 Å². The van der Waals surface area contributed by atoms with Crippen molar-refractivity contribution in [1.82, 2.24) is 20.5 Å². The number of aromatic nitrogens is 3. The van der Waals surface area contributed by atoms with E-state index in [1.165, 1.54) is 23.3 Å². The third-order valence-corrected chi connectivity index (χ3v) is 4.79.